The molecule has 6 amide bonds. The Morgan fingerprint density at radius 3 is 1.83 bits per heavy atom. The van der Waals surface area contributed by atoms with Crippen LogP contribution in [0.1, 0.15) is 130 Å². The van der Waals surface area contributed by atoms with Gasteiger partial charge in [-0.05, 0) is 43.4 Å². The average Bonchev–Trinajstić information content (AvgIpc) is 3.72. The van der Waals surface area contributed by atoms with Gasteiger partial charge in [0.1, 0.15) is 30.2 Å². The van der Waals surface area contributed by atoms with Crippen molar-refractivity contribution in [2.45, 2.75) is 168 Å². The van der Waals surface area contributed by atoms with Crippen LogP contribution in [0.2, 0.25) is 0 Å². The van der Waals surface area contributed by atoms with Gasteiger partial charge in [0.25, 0.3) is 0 Å². The molecule has 0 bridgehead atoms. The molecule has 8 N–H and O–H groups in total. The quantitative estimate of drug-likeness (QED) is 0.0633. The van der Waals surface area contributed by atoms with Crippen LogP contribution in [0.5, 0.6) is 0 Å². The van der Waals surface area contributed by atoms with Gasteiger partial charge in [0.2, 0.25) is 35.4 Å². The van der Waals surface area contributed by atoms with Crippen molar-refractivity contribution in [3.63, 3.8) is 0 Å². The molecule has 1 fully saturated rings. The molecular formula is C41H65N7O11S. The zero-order valence-corrected chi connectivity index (χ0v) is 36.5. The molecule has 1 aliphatic rings. The highest BCUT2D eigenvalue weighted by Crippen LogP contribution is 2.28. The number of hydrogen-bond acceptors (Lipinski definition) is 11. The molecule has 0 aliphatic heterocycles. The Hall–Kier alpha value is -4.94. The number of hydrogen-bond donors (Lipinski definition) is 8. The second-order valence-corrected chi connectivity index (χ2v) is 17.0. The lowest BCUT2D eigenvalue weighted by Gasteiger charge is -2.31. The molecule has 336 valence electrons. The van der Waals surface area contributed by atoms with Gasteiger partial charge in [0.15, 0.2) is 5.78 Å². The highest BCUT2D eigenvalue weighted by atomic mass is 32.1. The van der Waals surface area contributed by atoms with E-state index in [4.69, 9.17) is 0 Å². The molecule has 7 atom stereocenters. The third-order valence-electron chi connectivity index (χ3n) is 10.6. The molecule has 1 saturated carbocycles. The van der Waals surface area contributed by atoms with E-state index < -0.39 is 109 Å². The van der Waals surface area contributed by atoms with Gasteiger partial charge in [-0.1, -0.05) is 73.1 Å². The number of rotatable bonds is 27. The summed E-state index contributed by atoms with van der Waals surface area (Å²) in [5, 5.41) is 36.9. The number of amides is 6. The summed E-state index contributed by atoms with van der Waals surface area (Å²) in [5.74, 6) is -7.88. The van der Waals surface area contributed by atoms with Gasteiger partial charge in [0, 0.05) is 37.8 Å². The largest absolute Gasteiger partial charge is 0.481 e. The Kier molecular flexibility index (Phi) is 22.5. The van der Waals surface area contributed by atoms with Gasteiger partial charge >= 0.3 is 11.9 Å². The second kappa shape index (κ2) is 26.3. The summed E-state index contributed by atoms with van der Waals surface area (Å²) in [6.07, 6.45) is 6.52. The number of aromatic nitrogens is 1. The number of carbonyl (C=O) groups excluding carboxylic acids is 7. The van der Waals surface area contributed by atoms with Crippen LogP contribution in [0.25, 0.3) is 0 Å². The molecule has 18 nitrogen and oxygen atoms in total. The number of aryl methyl sites for hydroxylation is 1. The summed E-state index contributed by atoms with van der Waals surface area (Å²) in [6, 6.07) is -7.32. The lowest BCUT2D eigenvalue weighted by Crippen LogP contribution is -2.61. The zero-order valence-electron chi connectivity index (χ0n) is 35.7. The molecule has 1 aliphatic carbocycles. The summed E-state index contributed by atoms with van der Waals surface area (Å²) in [4.78, 5) is 121. The van der Waals surface area contributed by atoms with E-state index in [0.717, 1.165) is 44.0 Å². The van der Waals surface area contributed by atoms with Crippen molar-refractivity contribution in [1.82, 2.24) is 36.9 Å². The normalized spacial score (nSPS) is 16.4. The van der Waals surface area contributed by atoms with Gasteiger partial charge in [0.05, 0.1) is 17.5 Å². The Bertz CT molecular complexity index is 1600. The molecule has 0 aromatic carbocycles. The molecule has 1 heterocycles. The molecule has 60 heavy (non-hydrogen) atoms. The fourth-order valence-electron chi connectivity index (χ4n) is 7.08. The minimum atomic E-state index is -1.57. The standard InChI is InChI=1S/C41H65N7O11S/c1-7-24(5)36(41(59)47-30(21-26-12-10-9-11-13-26)38(56)44-27(8-2)32(50)15-16-33-42-18-19-60-33)48-40(58)29(20-23(3)4)46-37(55)28(14-17-34(51)52)45-39(57)31(22-35(53)54)43-25(6)49/h18-19,23-24,26-31,36H,7-17,20-22H2,1-6H3,(H,43,49)(H,44,56)(H,45,57)(H,46,55)(H,47,59)(H,48,58)(H,51,52)(H,53,54)/t24-,27-,28+,29-,30-,31-,36-/m0/s1. The third kappa shape index (κ3) is 18.5. The Morgan fingerprint density at radius 1 is 0.700 bits per heavy atom. The number of carboxylic acid groups (broad SMARTS) is 2. The smallest absolute Gasteiger partial charge is 0.305 e. The Morgan fingerprint density at radius 2 is 1.28 bits per heavy atom. The number of thiazole rings is 1. The van der Waals surface area contributed by atoms with Crippen LogP contribution < -0.4 is 31.9 Å². The number of aliphatic carboxylic acids is 2. The van der Waals surface area contributed by atoms with Gasteiger partial charge in [-0.3, -0.25) is 43.2 Å². The summed E-state index contributed by atoms with van der Waals surface area (Å²) in [5.41, 5.74) is 0. The van der Waals surface area contributed by atoms with Crippen molar-refractivity contribution in [3.8, 4) is 0 Å². The first-order valence-electron chi connectivity index (χ1n) is 21.0. The van der Waals surface area contributed by atoms with Crippen molar-refractivity contribution in [2.75, 3.05) is 0 Å². The molecule has 0 radical (unpaired) electrons. The van der Waals surface area contributed by atoms with E-state index in [2.05, 4.69) is 36.9 Å². The molecule has 19 heteroatoms. The van der Waals surface area contributed by atoms with E-state index in [-0.39, 0.29) is 30.5 Å². The molecule has 0 saturated heterocycles. The maximum Gasteiger partial charge on any atom is 0.305 e. The Balaban J connectivity index is 2.33. The Labute approximate surface area is 355 Å². The molecule has 1 aromatic heterocycles. The van der Waals surface area contributed by atoms with Crippen LogP contribution in [-0.4, -0.2) is 105 Å². The van der Waals surface area contributed by atoms with Crippen molar-refractivity contribution < 1.29 is 53.4 Å². The fourth-order valence-corrected chi connectivity index (χ4v) is 7.70. The van der Waals surface area contributed by atoms with Gasteiger partial charge in [-0.15, -0.1) is 11.3 Å². The van der Waals surface area contributed by atoms with Crippen LogP contribution >= 0.6 is 11.3 Å². The maximum atomic E-state index is 14.2. The van der Waals surface area contributed by atoms with Crippen LogP contribution in [0, 0.1) is 17.8 Å². The van der Waals surface area contributed by atoms with E-state index in [1.165, 1.54) is 11.3 Å². The minimum absolute atomic E-state index is 0.0707. The van der Waals surface area contributed by atoms with E-state index in [1.807, 2.05) is 12.3 Å². The summed E-state index contributed by atoms with van der Waals surface area (Å²) in [7, 11) is 0. The number of Topliss-reactive ketones (excluding diaryl/α,β-unsaturated/α-hetero) is 1. The lowest BCUT2D eigenvalue weighted by molar-refractivity contribution is -0.141. The van der Waals surface area contributed by atoms with E-state index in [1.54, 1.807) is 33.9 Å². The van der Waals surface area contributed by atoms with Crippen LogP contribution in [-0.2, 0) is 49.6 Å². The highest BCUT2D eigenvalue weighted by molar-refractivity contribution is 7.09. The summed E-state index contributed by atoms with van der Waals surface area (Å²) < 4.78 is 0. The first kappa shape index (κ1) is 51.2. The van der Waals surface area contributed by atoms with Crippen molar-refractivity contribution in [3.05, 3.63) is 16.6 Å². The number of carbonyl (C=O) groups is 9. The molecule has 0 unspecified atom stereocenters. The number of ketones is 1. The van der Waals surface area contributed by atoms with E-state index >= 15 is 0 Å². The molecular weight excluding hydrogens is 799 g/mol. The van der Waals surface area contributed by atoms with E-state index in [9.17, 15) is 53.4 Å². The van der Waals surface area contributed by atoms with Crippen LogP contribution in [0.3, 0.4) is 0 Å². The second-order valence-electron chi connectivity index (χ2n) is 16.1. The minimum Gasteiger partial charge on any atom is -0.481 e. The first-order valence-corrected chi connectivity index (χ1v) is 21.9. The number of carboxylic acids is 2. The topological polar surface area (TPSA) is 279 Å². The number of nitrogens with zero attached hydrogens (tertiary/aromatic N) is 1. The van der Waals surface area contributed by atoms with Crippen molar-refractivity contribution in [1.29, 1.82) is 0 Å². The van der Waals surface area contributed by atoms with Gasteiger partial charge in [-0.25, -0.2) is 4.98 Å². The summed E-state index contributed by atoms with van der Waals surface area (Å²) >= 11 is 1.45. The van der Waals surface area contributed by atoms with Crippen molar-refractivity contribution >= 4 is 64.5 Å². The molecule has 0 spiro atoms. The SMILES string of the molecule is CC[C@H](NC(=O)[C@H](CC1CCCCC1)NC(=O)[C@@H](NC(=O)[C@H](CC(C)C)NC(=O)[C@@H](CCC(=O)O)NC(=O)[C@H](CC(=O)O)NC(C)=O)[C@@H](C)CC)C(=O)CCc1nccs1. The van der Waals surface area contributed by atoms with Gasteiger partial charge < -0.3 is 42.1 Å². The van der Waals surface area contributed by atoms with E-state index in [0.29, 0.717) is 25.7 Å². The fraction of sp³-hybridized carbons (Fsp3) is 0.707. The van der Waals surface area contributed by atoms with Gasteiger partial charge in [-0.2, -0.15) is 0 Å². The lowest BCUT2D eigenvalue weighted by atomic mass is 9.84. The average molecular weight is 864 g/mol. The third-order valence-corrected chi connectivity index (χ3v) is 11.4. The molecule has 1 aromatic rings. The summed E-state index contributed by atoms with van der Waals surface area (Å²) in [6.45, 7) is 10.0. The zero-order chi connectivity index (χ0) is 44.9. The van der Waals surface area contributed by atoms with Crippen LogP contribution in [0.4, 0.5) is 0 Å². The predicted octanol–water partition coefficient (Wildman–Crippen LogP) is 2.39. The number of nitrogens with one attached hydrogen (secondary N) is 6. The maximum absolute atomic E-state index is 14.2. The first-order chi connectivity index (χ1) is 28.3. The highest BCUT2D eigenvalue weighted by Gasteiger charge is 2.36. The monoisotopic (exact) mass is 863 g/mol. The van der Waals surface area contributed by atoms with Crippen LogP contribution in [0.15, 0.2) is 11.6 Å². The van der Waals surface area contributed by atoms with Crippen molar-refractivity contribution in [2.24, 2.45) is 17.8 Å². The predicted molar refractivity (Wildman–Crippen MR) is 222 cm³/mol. The molecule has 2 rings (SSSR count).